The van der Waals surface area contributed by atoms with Crippen LogP contribution in [0.25, 0.3) is 22.3 Å². The molecular formula is C21H12FN3O. The van der Waals surface area contributed by atoms with Crippen molar-refractivity contribution in [2.75, 3.05) is 5.73 Å². The van der Waals surface area contributed by atoms with Crippen LogP contribution in [0.3, 0.4) is 0 Å². The molecule has 3 aromatic rings. The van der Waals surface area contributed by atoms with Crippen molar-refractivity contribution in [3.63, 3.8) is 0 Å². The molecule has 0 fully saturated rings. The van der Waals surface area contributed by atoms with Crippen LogP contribution in [0.1, 0.15) is 16.7 Å². The second-order valence-corrected chi connectivity index (χ2v) is 5.91. The Balaban J connectivity index is 2.15. The van der Waals surface area contributed by atoms with Crippen molar-refractivity contribution in [1.82, 2.24) is 0 Å². The molecule has 2 N–H and O–H groups in total. The highest BCUT2D eigenvalue weighted by atomic mass is 19.1. The second kappa shape index (κ2) is 5.91. The topological polar surface area (TPSA) is 82.8 Å². The van der Waals surface area contributed by atoms with E-state index in [9.17, 15) is 14.9 Å². The maximum absolute atomic E-state index is 13.4. The number of ether oxygens (including phenoxy) is 1. The molecule has 0 bridgehead atoms. The van der Waals surface area contributed by atoms with Crippen molar-refractivity contribution < 1.29 is 9.13 Å². The second-order valence-electron chi connectivity index (χ2n) is 5.91. The van der Waals surface area contributed by atoms with E-state index in [1.165, 1.54) is 12.1 Å². The van der Waals surface area contributed by atoms with E-state index >= 15 is 0 Å². The zero-order valence-corrected chi connectivity index (χ0v) is 13.6. The van der Waals surface area contributed by atoms with Crippen molar-refractivity contribution in [3.05, 3.63) is 71.0 Å². The number of hydrogen-bond donors (Lipinski definition) is 1. The predicted octanol–water partition coefficient (Wildman–Crippen LogP) is 4.38. The quantitative estimate of drug-likeness (QED) is 0.666. The summed E-state index contributed by atoms with van der Waals surface area (Å²) in [6.07, 6.45) is 0. The fraction of sp³-hybridized carbons (Fsp3) is 0.0476. The van der Waals surface area contributed by atoms with Gasteiger partial charge >= 0.3 is 0 Å². The van der Waals surface area contributed by atoms with Crippen molar-refractivity contribution in [2.24, 2.45) is 0 Å². The van der Waals surface area contributed by atoms with E-state index in [0.29, 0.717) is 28.0 Å². The van der Waals surface area contributed by atoms with Gasteiger partial charge in [-0.1, -0.05) is 30.3 Å². The molecule has 1 heterocycles. The summed E-state index contributed by atoms with van der Waals surface area (Å²) in [6.45, 7) is 0.197. The Labute approximate surface area is 149 Å². The van der Waals surface area contributed by atoms with Crippen LogP contribution in [0.15, 0.2) is 48.5 Å². The minimum absolute atomic E-state index is 0.129. The third kappa shape index (κ3) is 2.19. The Bertz CT molecular complexity index is 1120. The van der Waals surface area contributed by atoms with Crippen LogP contribution in [-0.4, -0.2) is 0 Å². The van der Waals surface area contributed by atoms with E-state index in [0.717, 1.165) is 5.56 Å². The molecule has 0 saturated carbocycles. The number of anilines is 1. The number of nitrogens with zero attached hydrogens (tertiary/aromatic N) is 2. The van der Waals surface area contributed by atoms with Gasteiger partial charge in [-0.05, 0) is 23.8 Å². The summed E-state index contributed by atoms with van der Waals surface area (Å²) in [5.41, 5.74) is 10.1. The van der Waals surface area contributed by atoms with Crippen LogP contribution in [0.4, 0.5) is 10.1 Å². The lowest BCUT2D eigenvalue weighted by Gasteiger charge is -2.26. The zero-order valence-electron chi connectivity index (χ0n) is 13.6. The molecule has 0 radical (unpaired) electrons. The fourth-order valence-corrected chi connectivity index (χ4v) is 3.38. The molecule has 124 valence electrons. The van der Waals surface area contributed by atoms with Crippen LogP contribution >= 0.6 is 0 Å². The molecule has 0 aromatic heterocycles. The van der Waals surface area contributed by atoms with Gasteiger partial charge in [-0.2, -0.15) is 10.5 Å². The molecule has 5 heteroatoms. The van der Waals surface area contributed by atoms with Crippen LogP contribution in [0, 0.1) is 28.5 Å². The normalized spacial score (nSPS) is 11.5. The third-order valence-electron chi connectivity index (χ3n) is 4.53. The first kappa shape index (κ1) is 15.7. The van der Waals surface area contributed by atoms with Gasteiger partial charge in [0.2, 0.25) is 0 Å². The van der Waals surface area contributed by atoms with Gasteiger partial charge in [-0.15, -0.1) is 0 Å². The highest BCUT2D eigenvalue weighted by Gasteiger charge is 2.29. The number of rotatable bonds is 1. The summed E-state index contributed by atoms with van der Waals surface area (Å²) in [6, 6.07) is 17.5. The maximum atomic E-state index is 13.4. The smallest absolute Gasteiger partial charge is 0.127 e. The summed E-state index contributed by atoms with van der Waals surface area (Å²) < 4.78 is 19.2. The number of para-hydroxylation sites is 1. The minimum Gasteiger partial charge on any atom is -0.488 e. The standard InChI is InChI=1S/C21H12FN3O/c22-13-7-5-12(6-8-13)19-15(9-23)21(25)16(10-24)20-14-3-1-2-4-18(14)26-11-17(19)20/h1-8H,11,25H2. The molecule has 3 aromatic carbocycles. The van der Waals surface area contributed by atoms with Crippen molar-refractivity contribution in [2.45, 2.75) is 6.61 Å². The molecule has 26 heavy (non-hydrogen) atoms. The Morgan fingerprint density at radius 2 is 1.58 bits per heavy atom. The molecule has 0 spiro atoms. The molecule has 0 unspecified atom stereocenters. The van der Waals surface area contributed by atoms with Gasteiger partial charge in [0.1, 0.15) is 30.3 Å². The molecule has 4 nitrogen and oxygen atoms in total. The monoisotopic (exact) mass is 341 g/mol. The first-order chi connectivity index (χ1) is 12.7. The summed E-state index contributed by atoms with van der Waals surface area (Å²) in [5, 5.41) is 19.4. The third-order valence-corrected chi connectivity index (χ3v) is 4.53. The van der Waals surface area contributed by atoms with E-state index in [4.69, 9.17) is 10.5 Å². The van der Waals surface area contributed by atoms with E-state index in [1.54, 1.807) is 12.1 Å². The average molecular weight is 341 g/mol. The molecule has 0 atom stereocenters. The fourth-order valence-electron chi connectivity index (χ4n) is 3.38. The Kier molecular flexibility index (Phi) is 3.57. The van der Waals surface area contributed by atoms with Crippen LogP contribution in [0.5, 0.6) is 5.75 Å². The number of halogens is 1. The Hall–Kier alpha value is -3.83. The number of nitrogen functional groups attached to an aromatic ring is 1. The SMILES string of the molecule is N#Cc1c(N)c(C#N)c2c(c1-c1ccc(F)cc1)COc1ccccc1-2. The zero-order chi connectivity index (χ0) is 18.3. The van der Waals surface area contributed by atoms with Gasteiger partial charge in [0.15, 0.2) is 0 Å². The van der Waals surface area contributed by atoms with E-state index in [2.05, 4.69) is 12.1 Å². The summed E-state index contributed by atoms with van der Waals surface area (Å²) in [4.78, 5) is 0. The lowest BCUT2D eigenvalue weighted by atomic mass is 9.83. The average Bonchev–Trinajstić information content (AvgIpc) is 2.67. The molecule has 4 rings (SSSR count). The summed E-state index contributed by atoms with van der Waals surface area (Å²) >= 11 is 0. The van der Waals surface area contributed by atoms with Gasteiger partial charge in [0.25, 0.3) is 0 Å². The lowest BCUT2D eigenvalue weighted by molar-refractivity contribution is 0.303. The molecule has 1 aliphatic rings. The number of nitriles is 2. The first-order valence-corrected chi connectivity index (χ1v) is 7.92. The largest absolute Gasteiger partial charge is 0.488 e. The predicted molar refractivity (Wildman–Crippen MR) is 95.4 cm³/mol. The van der Waals surface area contributed by atoms with Crippen LogP contribution in [-0.2, 0) is 6.61 Å². The van der Waals surface area contributed by atoms with Gasteiger partial charge in [-0.25, -0.2) is 4.39 Å². The number of benzene rings is 3. The minimum atomic E-state index is -0.371. The summed E-state index contributed by atoms with van der Waals surface area (Å²) in [5.74, 6) is 0.287. The van der Waals surface area contributed by atoms with Crippen molar-refractivity contribution >= 4 is 5.69 Å². The lowest BCUT2D eigenvalue weighted by Crippen LogP contribution is -2.12. The molecular weight excluding hydrogens is 329 g/mol. The highest BCUT2D eigenvalue weighted by Crippen LogP contribution is 2.47. The summed E-state index contributed by atoms with van der Waals surface area (Å²) in [7, 11) is 0. The highest BCUT2D eigenvalue weighted by molar-refractivity contribution is 5.94. The van der Waals surface area contributed by atoms with Gasteiger partial charge in [-0.3, -0.25) is 0 Å². The molecule has 0 amide bonds. The Morgan fingerprint density at radius 1 is 0.923 bits per heavy atom. The van der Waals surface area contributed by atoms with E-state index < -0.39 is 0 Å². The van der Waals surface area contributed by atoms with E-state index in [-0.39, 0.29) is 29.2 Å². The first-order valence-electron chi connectivity index (χ1n) is 7.92. The van der Waals surface area contributed by atoms with Crippen molar-refractivity contribution in [1.29, 1.82) is 10.5 Å². The Morgan fingerprint density at radius 3 is 2.27 bits per heavy atom. The van der Waals surface area contributed by atoms with Crippen molar-refractivity contribution in [3.8, 4) is 40.1 Å². The van der Waals surface area contributed by atoms with Crippen LogP contribution in [0.2, 0.25) is 0 Å². The van der Waals surface area contributed by atoms with Gasteiger partial charge in [0, 0.05) is 22.3 Å². The van der Waals surface area contributed by atoms with Gasteiger partial charge < -0.3 is 10.5 Å². The maximum Gasteiger partial charge on any atom is 0.127 e. The van der Waals surface area contributed by atoms with Crippen LogP contribution < -0.4 is 10.5 Å². The number of nitrogens with two attached hydrogens (primary N) is 1. The molecule has 1 aliphatic heterocycles. The number of fused-ring (bicyclic) bond motifs is 3. The van der Waals surface area contributed by atoms with E-state index in [1.807, 2.05) is 24.3 Å². The number of hydrogen-bond acceptors (Lipinski definition) is 4. The molecule has 0 saturated heterocycles. The van der Waals surface area contributed by atoms with Gasteiger partial charge in [0.05, 0.1) is 16.8 Å². The molecule has 0 aliphatic carbocycles.